The summed E-state index contributed by atoms with van der Waals surface area (Å²) in [7, 11) is 0. The summed E-state index contributed by atoms with van der Waals surface area (Å²) in [5.74, 6) is 1.15. The fourth-order valence-corrected chi connectivity index (χ4v) is 1.48. The molecule has 0 aliphatic carbocycles. The van der Waals surface area contributed by atoms with Gasteiger partial charge in [0.2, 0.25) is 0 Å². The molecular weight excluding hydrogens is 188 g/mol. The molecule has 0 saturated heterocycles. The molecule has 0 aliphatic rings. The fraction of sp³-hybridized carbons (Fsp3) is 0.455. The highest BCUT2D eigenvalue weighted by atomic mass is 15.2. The lowest BCUT2D eigenvalue weighted by atomic mass is 10.2. The highest BCUT2D eigenvalue weighted by molar-refractivity contribution is 5.79. The minimum absolute atomic E-state index is 0.174. The molecule has 4 heteroatoms. The number of amidine groups is 1. The Hall–Kier alpha value is -1.58. The van der Waals surface area contributed by atoms with Gasteiger partial charge in [0, 0.05) is 25.7 Å². The molecule has 0 radical (unpaired) electrons. The maximum atomic E-state index is 7.18. The summed E-state index contributed by atoms with van der Waals surface area (Å²) < 4.78 is 0. The molecule has 0 amide bonds. The van der Waals surface area contributed by atoms with Gasteiger partial charge in [0.1, 0.15) is 5.82 Å². The van der Waals surface area contributed by atoms with Crippen molar-refractivity contribution in [3.8, 4) is 0 Å². The number of aromatic nitrogens is 1. The Balaban J connectivity index is 2.75. The molecule has 0 atom stereocenters. The van der Waals surface area contributed by atoms with Gasteiger partial charge < -0.3 is 10.6 Å². The van der Waals surface area contributed by atoms with Crippen LogP contribution < -0.4 is 10.6 Å². The average Bonchev–Trinajstić information content (AvgIpc) is 2.21. The number of nitrogens with one attached hydrogen (secondary N) is 1. The Morgan fingerprint density at radius 3 is 2.47 bits per heavy atom. The van der Waals surface area contributed by atoms with Gasteiger partial charge in [0.15, 0.2) is 0 Å². The van der Waals surface area contributed by atoms with E-state index in [9.17, 15) is 0 Å². The van der Waals surface area contributed by atoms with E-state index in [-0.39, 0.29) is 5.84 Å². The molecule has 1 rings (SSSR count). The molecule has 0 fully saturated rings. The highest BCUT2D eigenvalue weighted by Crippen LogP contribution is 2.10. The second kappa shape index (κ2) is 5.34. The molecule has 4 nitrogen and oxygen atoms in total. The highest BCUT2D eigenvalue weighted by Gasteiger charge is 2.03. The second-order valence-electron chi connectivity index (χ2n) is 3.40. The zero-order valence-electron chi connectivity index (χ0n) is 9.33. The van der Waals surface area contributed by atoms with Gasteiger partial charge in [-0.25, -0.2) is 4.98 Å². The first-order chi connectivity index (χ1) is 7.17. The van der Waals surface area contributed by atoms with Crippen LogP contribution in [0.5, 0.6) is 0 Å². The van der Waals surface area contributed by atoms with Crippen LogP contribution in [-0.2, 0) is 6.42 Å². The second-order valence-corrected chi connectivity index (χ2v) is 3.40. The molecule has 0 saturated carbocycles. The van der Waals surface area contributed by atoms with E-state index in [1.807, 2.05) is 12.1 Å². The third-order valence-corrected chi connectivity index (χ3v) is 2.29. The van der Waals surface area contributed by atoms with E-state index in [2.05, 4.69) is 23.7 Å². The van der Waals surface area contributed by atoms with Crippen molar-refractivity contribution in [2.75, 3.05) is 18.0 Å². The van der Waals surface area contributed by atoms with Crippen LogP contribution in [0, 0.1) is 5.41 Å². The molecular formula is C11H18N4. The Morgan fingerprint density at radius 2 is 2.07 bits per heavy atom. The van der Waals surface area contributed by atoms with Crippen LogP contribution in [0.4, 0.5) is 5.82 Å². The Kier molecular flexibility index (Phi) is 4.09. The smallest absolute Gasteiger partial charge is 0.128 e. The predicted molar refractivity (Wildman–Crippen MR) is 63.4 cm³/mol. The number of rotatable bonds is 5. The van der Waals surface area contributed by atoms with Gasteiger partial charge in [0.25, 0.3) is 0 Å². The number of hydrogen-bond acceptors (Lipinski definition) is 3. The van der Waals surface area contributed by atoms with Crippen molar-refractivity contribution in [2.45, 2.75) is 20.3 Å². The lowest BCUT2D eigenvalue weighted by Crippen LogP contribution is -2.23. The zero-order chi connectivity index (χ0) is 11.3. The molecule has 1 aromatic heterocycles. The molecule has 1 aromatic rings. The molecule has 82 valence electrons. The summed E-state index contributed by atoms with van der Waals surface area (Å²) in [6.07, 6.45) is 2.26. The molecule has 0 aliphatic heterocycles. The number of nitrogens with two attached hydrogens (primary N) is 1. The monoisotopic (exact) mass is 206 g/mol. The van der Waals surface area contributed by atoms with Crippen LogP contribution in [0.25, 0.3) is 0 Å². The van der Waals surface area contributed by atoms with Crippen molar-refractivity contribution in [3.63, 3.8) is 0 Å². The number of pyridine rings is 1. The minimum Gasteiger partial charge on any atom is -0.387 e. The van der Waals surface area contributed by atoms with Gasteiger partial charge in [-0.2, -0.15) is 0 Å². The topological polar surface area (TPSA) is 66.0 Å². The summed E-state index contributed by atoms with van der Waals surface area (Å²) in [6.45, 7) is 6.12. The van der Waals surface area contributed by atoms with E-state index in [0.717, 1.165) is 24.5 Å². The quantitative estimate of drug-likeness (QED) is 0.565. The first-order valence-electron chi connectivity index (χ1n) is 5.20. The van der Waals surface area contributed by atoms with Gasteiger partial charge in [-0.15, -0.1) is 0 Å². The normalized spacial score (nSPS) is 10.0. The maximum absolute atomic E-state index is 7.18. The third-order valence-electron chi connectivity index (χ3n) is 2.29. The first kappa shape index (κ1) is 11.5. The van der Waals surface area contributed by atoms with Crippen molar-refractivity contribution in [2.24, 2.45) is 5.73 Å². The van der Waals surface area contributed by atoms with Gasteiger partial charge >= 0.3 is 0 Å². The van der Waals surface area contributed by atoms with E-state index in [4.69, 9.17) is 11.1 Å². The number of nitrogens with zero attached hydrogens (tertiary/aromatic N) is 2. The van der Waals surface area contributed by atoms with E-state index in [0.29, 0.717) is 6.42 Å². The standard InChI is InChI=1S/C11H18N4/c1-3-15(4-2)11-6-5-9(8-14-11)7-10(12)13/h5-6,8H,3-4,7H2,1-2H3,(H3,12,13). The van der Waals surface area contributed by atoms with E-state index in [1.165, 1.54) is 0 Å². The summed E-state index contributed by atoms with van der Waals surface area (Å²) in [5.41, 5.74) is 6.30. The average molecular weight is 206 g/mol. The molecule has 0 bridgehead atoms. The Labute approximate surface area is 90.6 Å². The van der Waals surface area contributed by atoms with Crippen molar-refractivity contribution in [1.29, 1.82) is 5.41 Å². The molecule has 1 heterocycles. The van der Waals surface area contributed by atoms with Crippen LogP contribution in [0.15, 0.2) is 18.3 Å². The van der Waals surface area contributed by atoms with Crippen molar-refractivity contribution in [1.82, 2.24) is 4.98 Å². The first-order valence-corrected chi connectivity index (χ1v) is 5.20. The number of hydrogen-bond donors (Lipinski definition) is 2. The largest absolute Gasteiger partial charge is 0.387 e. The maximum Gasteiger partial charge on any atom is 0.128 e. The lowest BCUT2D eigenvalue weighted by molar-refractivity contribution is 0.845. The van der Waals surface area contributed by atoms with Crippen LogP contribution in [0.2, 0.25) is 0 Å². The SMILES string of the molecule is CCN(CC)c1ccc(CC(=N)N)cn1. The fourth-order valence-electron chi connectivity index (χ4n) is 1.48. The summed E-state index contributed by atoms with van der Waals surface area (Å²) in [5, 5.41) is 7.18. The molecule has 0 aromatic carbocycles. The van der Waals surface area contributed by atoms with Gasteiger partial charge in [-0.1, -0.05) is 6.07 Å². The van der Waals surface area contributed by atoms with Gasteiger partial charge in [-0.05, 0) is 25.5 Å². The van der Waals surface area contributed by atoms with Crippen LogP contribution in [-0.4, -0.2) is 23.9 Å². The zero-order valence-corrected chi connectivity index (χ0v) is 9.33. The minimum atomic E-state index is 0.174. The van der Waals surface area contributed by atoms with Crippen molar-refractivity contribution >= 4 is 11.7 Å². The molecule has 3 N–H and O–H groups in total. The summed E-state index contributed by atoms with van der Waals surface area (Å²) in [4.78, 5) is 6.53. The Bertz CT molecular complexity index is 314. The summed E-state index contributed by atoms with van der Waals surface area (Å²) in [6, 6.07) is 3.95. The number of anilines is 1. The van der Waals surface area contributed by atoms with E-state index >= 15 is 0 Å². The lowest BCUT2D eigenvalue weighted by Gasteiger charge is -2.19. The molecule has 15 heavy (non-hydrogen) atoms. The van der Waals surface area contributed by atoms with Crippen LogP contribution in [0.1, 0.15) is 19.4 Å². The van der Waals surface area contributed by atoms with E-state index in [1.54, 1.807) is 6.20 Å². The van der Waals surface area contributed by atoms with Crippen LogP contribution >= 0.6 is 0 Å². The van der Waals surface area contributed by atoms with Crippen molar-refractivity contribution in [3.05, 3.63) is 23.9 Å². The predicted octanol–water partition coefficient (Wildman–Crippen LogP) is 1.41. The molecule has 0 spiro atoms. The van der Waals surface area contributed by atoms with Crippen LogP contribution in [0.3, 0.4) is 0 Å². The summed E-state index contributed by atoms with van der Waals surface area (Å²) >= 11 is 0. The Morgan fingerprint density at radius 1 is 1.40 bits per heavy atom. The third kappa shape index (κ3) is 3.23. The van der Waals surface area contributed by atoms with Gasteiger partial charge in [0.05, 0.1) is 5.84 Å². The van der Waals surface area contributed by atoms with E-state index < -0.39 is 0 Å². The van der Waals surface area contributed by atoms with Gasteiger partial charge in [-0.3, -0.25) is 5.41 Å². The van der Waals surface area contributed by atoms with Crippen molar-refractivity contribution < 1.29 is 0 Å². The molecule has 0 unspecified atom stereocenters.